The number of rotatable bonds is 5. The maximum absolute atomic E-state index is 12.4. The summed E-state index contributed by atoms with van der Waals surface area (Å²) in [5.74, 6) is -0.427. The maximum Gasteiger partial charge on any atom is 0.303 e. The van der Waals surface area contributed by atoms with Crippen molar-refractivity contribution < 1.29 is 18.3 Å². The van der Waals surface area contributed by atoms with Gasteiger partial charge in [0.15, 0.2) is 0 Å². The minimum atomic E-state index is -3.28. The smallest absolute Gasteiger partial charge is 0.303 e. The highest BCUT2D eigenvalue weighted by Crippen LogP contribution is 2.36. The average molecular weight is 289 g/mol. The summed E-state index contributed by atoms with van der Waals surface area (Å²) in [6.07, 6.45) is 6.68. The summed E-state index contributed by atoms with van der Waals surface area (Å²) in [5.41, 5.74) is 0. The molecular formula is C13H23NO4S. The summed E-state index contributed by atoms with van der Waals surface area (Å²) in [7, 11) is -3.28. The van der Waals surface area contributed by atoms with Gasteiger partial charge in [0.1, 0.15) is 0 Å². The summed E-state index contributed by atoms with van der Waals surface area (Å²) < 4.78 is 26.4. The van der Waals surface area contributed by atoms with Crippen LogP contribution in [0, 0.1) is 5.92 Å². The Bertz CT molecular complexity index is 418. The first kappa shape index (κ1) is 14.8. The Morgan fingerprint density at radius 1 is 1.16 bits per heavy atom. The monoisotopic (exact) mass is 289 g/mol. The van der Waals surface area contributed by atoms with Crippen LogP contribution in [0.25, 0.3) is 0 Å². The van der Waals surface area contributed by atoms with Gasteiger partial charge in [0.2, 0.25) is 10.0 Å². The van der Waals surface area contributed by atoms with E-state index in [1.807, 2.05) is 0 Å². The highest BCUT2D eigenvalue weighted by atomic mass is 32.2. The Morgan fingerprint density at radius 2 is 1.84 bits per heavy atom. The van der Waals surface area contributed by atoms with Gasteiger partial charge in [-0.05, 0) is 38.0 Å². The zero-order valence-electron chi connectivity index (χ0n) is 11.3. The zero-order chi connectivity index (χ0) is 13.9. The lowest BCUT2D eigenvalue weighted by atomic mass is 9.79. The highest BCUT2D eigenvalue weighted by molar-refractivity contribution is 7.89. The number of carboxylic acids is 1. The van der Waals surface area contributed by atoms with Gasteiger partial charge in [-0.2, -0.15) is 4.31 Å². The number of sulfonamides is 1. The van der Waals surface area contributed by atoms with Gasteiger partial charge in [-0.25, -0.2) is 8.42 Å². The zero-order valence-corrected chi connectivity index (χ0v) is 12.1. The molecule has 2 atom stereocenters. The lowest BCUT2D eigenvalue weighted by Gasteiger charge is -2.43. The number of fused-ring (bicyclic) bond motifs is 1. The van der Waals surface area contributed by atoms with Crippen molar-refractivity contribution in [3.05, 3.63) is 0 Å². The van der Waals surface area contributed by atoms with E-state index in [0.29, 0.717) is 12.5 Å². The Hall–Kier alpha value is -0.620. The molecule has 19 heavy (non-hydrogen) atoms. The van der Waals surface area contributed by atoms with Gasteiger partial charge in [0.05, 0.1) is 5.75 Å². The number of nitrogens with zero attached hydrogens (tertiary/aromatic N) is 1. The predicted octanol–water partition coefficient (Wildman–Crippen LogP) is 1.84. The van der Waals surface area contributed by atoms with Gasteiger partial charge < -0.3 is 5.11 Å². The van der Waals surface area contributed by atoms with Gasteiger partial charge in [-0.15, -0.1) is 0 Å². The van der Waals surface area contributed by atoms with Crippen molar-refractivity contribution in [2.45, 2.75) is 57.4 Å². The third-order valence-electron chi connectivity index (χ3n) is 4.34. The molecule has 0 amide bonds. The van der Waals surface area contributed by atoms with Gasteiger partial charge in [0.25, 0.3) is 0 Å². The Kier molecular flexibility index (Phi) is 4.84. The lowest BCUT2D eigenvalue weighted by Crippen LogP contribution is -2.50. The molecule has 0 spiro atoms. The molecule has 2 rings (SSSR count). The fraction of sp³-hybridized carbons (Fsp3) is 0.923. The summed E-state index contributed by atoms with van der Waals surface area (Å²) in [4.78, 5) is 10.5. The molecule has 6 heteroatoms. The quantitative estimate of drug-likeness (QED) is 0.838. The molecular weight excluding hydrogens is 266 g/mol. The number of hydrogen-bond acceptors (Lipinski definition) is 3. The lowest BCUT2D eigenvalue weighted by molar-refractivity contribution is -0.137. The van der Waals surface area contributed by atoms with Crippen molar-refractivity contribution in [2.75, 3.05) is 12.3 Å². The van der Waals surface area contributed by atoms with Crippen LogP contribution in [0.5, 0.6) is 0 Å². The van der Waals surface area contributed by atoms with Crippen LogP contribution in [-0.4, -0.2) is 42.1 Å². The molecule has 0 aromatic carbocycles. The van der Waals surface area contributed by atoms with Crippen LogP contribution < -0.4 is 0 Å². The molecule has 1 aliphatic heterocycles. The van der Waals surface area contributed by atoms with Crippen LogP contribution >= 0.6 is 0 Å². The average Bonchev–Trinajstić information content (AvgIpc) is 2.37. The highest BCUT2D eigenvalue weighted by Gasteiger charge is 2.38. The van der Waals surface area contributed by atoms with E-state index in [9.17, 15) is 13.2 Å². The van der Waals surface area contributed by atoms with Crippen LogP contribution in [0.4, 0.5) is 0 Å². The van der Waals surface area contributed by atoms with Gasteiger partial charge in [-0.3, -0.25) is 4.79 Å². The van der Waals surface area contributed by atoms with Crippen LogP contribution in [0.15, 0.2) is 0 Å². The fourth-order valence-corrected chi connectivity index (χ4v) is 5.29. The third-order valence-corrected chi connectivity index (χ3v) is 6.32. The molecule has 0 bridgehead atoms. The Labute approximate surface area is 115 Å². The van der Waals surface area contributed by atoms with Gasteiger partial charge in [0, 0.05) is 19.0 Å². The van der Waals surface area contributed by atoms with E-state index in [1.54, 1.807) is 4.31 Å². The second-order valence-electron chi connectivity index (χ2n) is 5.68. The summed E-state index contributed by atoms with van der Waals surface area (Å²) >= 11 is 0. The molecule has 1 aliphatic carbocycles. The van der Waals surface area contributed by atoms with Crippen molar-refractivity contribution in [3.63, 3.8) is 0 Å². The van der Waals surface area contributed by atoms with Crippen molar-refractivity contribution in [3.8, 4) is 0 Å². The van der Waals surface area contributed by atoms with E-state index in [-0.39, 0.29) is 24.6 Å². The Balaban J connectivity index is 1.99. The first-order valence-corrected chi connectivity index (χ1v) is 8.83. The van der Waals surface area contributed by atoms with Gasteiger partial charge in [-0.1, -0.05) is 12.8 Å². The first-order chi connectivity index (χ1) is 9.00. The number of carboxylic acid groups (broad SMARTS) is 1. The molecule has 0 unspecified atom stereocenters. The molecule has 0 radical (unpaired) electrons. The van der Waals surface area contributed by atoms with Crippen molar-refractivity contribution >= 4 is 16.0 Å². The Morgan fingerprint density at radius 3 is 2.58 bits per heavy atom. The number of aliphatic carboxylic acids is 1. The summed E-state index contributed by atoms with van der Waals surface area (Å²) in [6, 6.07) is 0.178. The molecule has 0 aromatic heterocycles. The van der Waals surface area contributed by atoms with Crippen LogP contribution in [0.3, 0.4) is 0 Å². The van der Waals surface area contributed by atoms with Crippen molar-refractivity contribution in [2.24, 2.45) is 5.92 Å². The van der Waals surface area contributed by atoms with E-state index in [0.717, 1.165) is 32.1 Å². The minimum Gasteiger partial charge on any atom is -0.481 e. The standard InChI is InChI=1S/C13H23NO4S/c15-13(16)8-4-10-19(17,18)14-9-3-6-11-5-1-2-7-12(11)14/h11-12H,1-10H2,(H,15,16)/t11-,12-/m1/s1. The normalized spacial score (nSPS) is 28.8. The first-order valence-electron chi connectivity index (χ1n) is 7.22. The molecule has 2 aliphatic rings. The van der Waals surface area contributed by atoms with Crippen LogP contribution in [-0.2, 0) is 14.8 Å². The third kappa shape index (κ3) is 3.69. The molecule has 2 fully saturated rings. The topological polar surface area (TPSA) is 74.7 Å². The van der Waals surface area contributed by atoms with Gasteiger partial charge >= 0.3 is 5.97 Å². The van der Waals surface area contributed by atoms with E-state index >= 15 is 0 Å². The number of hydrogen-bond donors (Lipinski definition) is 1. The minimum absolute atomic E-state index is 0.0253. The molecule has 1 heterocycles. The molecule has 5 nitrogen and oxygen atoms in total. The summed E-state index contributed by atoms with van der Waals surface area (Å²) in [5, 5.41) is 8.60. The molecule has 0 aromatic rings. The van der Waals surface area contributed by atoms with E-state index in [1.165, 1.54) is 6.42 Å². The van der Waals surface area contributed by atoms with Crippen LogP contribution in [0.2, 0.25) is 0 Å². The fourth-order valence-electron chi connectivity index (χ4n) is 3.45. The maximum atomic E-state index is 12.4. The number of piperidine rings is 1. The second kappa shape index (κ2) is 6.22. The number of carbonyl (C=O) groups is 1. The SMILES string of the molecule is O=C(O)CCCS(=O)(=O)N1CCC[C@H]2CCCC[C@H]21. The van der Waals surface area contributed by atoms with Crippen molar-refractivity contribution in [1.82, 2.24) is 4.31 Å². The van der Waals surface area contributed by atoms with Crippen molar-refractivity contribution in [1.29, 1.82) is 0 Å². The molecule has 110 valence electrons. The molecule has 1 saturated carbocycles. The second-order valence-corrected chi connectivity index (χ2v) is 7.72. The largest absolute Gasteiger partial charge is 0.481 e. The molecule has 1 saturated heterocycles. The molecule has 1 N–H and O–H groups in total. The van der Waals surface area contributed by atoms with E-state index in [2.05, 4.69) is 0 Å². The van der Waals surface area contributed by atoms with E-state index in [4.69, 9.17) is 5.11 Å². The van der Waals surface area contributed by atoms with E-state index < -0.39 is 16.0 Å². The predicted molar refractivity (Wildman–Crippen MR) is 72.3 cm³/mol. The summed E-state index contributed by atoms with van der Waals surface area (Å²) in [6.45, 7) is 0.622. The van der Waals surface area contributed by atoms with Crippen LogP contribution in [0.1, 0.15) is 51.4 Å².